The van der Waals surface area contributed by atoms with Crippen molar-refractivity contribution in [2.75, 3.05) is 13.2 Å². The summed E-state index contributed by atoms with van der Waals surface area (Å²) in [7, 11) is 0. The fraction of sp³-hybridized carbons (Fsp3) is 0.540. The van der Waals surface area contributed by atoms with Crippen molar-refractivity contribution < 1.29 is 55.1 Å². The zero-order chi connectivity index (χ0) is 45.6. The van der Waals surface area contributed by atoms with Gasteiger partial charge in [-0.15, -0.1) is 0 Å². The van der Waals surface area contributed by atoms with Crippen LogP contribution >= 0.6 is 0 Å². The molecular formula is C50H55NO11. The van der Waals surface area contributed by atoms with E-state index < -0.39 is 80.3 Å². The van der Waals surface area contributed by atoms with E-state index in [-0.39, 0.29) is 6.42 Å². The maximum absolute atomic E-state index is 13.0. The smallest absolute Gasteiger partial charge is 0.253 e. The highest BCUT2D eigenvalue weighted by molar-refractivity contribution is 5.82. The minimum Gasteiger partial charge on any atom is -0.394 e. The molecule has 5 unspecified atom stereocenters. The van der Waals surface area contributed by atoms with Crippen LogP contribution in [-0.4, -0.2) is 121 Å². The predicted molar refractivity (Wildman–Crippen MR) is 233 cm³/mol. The zero-order valence-corrected chi connectivity index (χ0v) is 35.2. The molecule has 10 atom stereocenters. The average Bonchev–Trinajstić information content (AvgIpc) is 3.27. The Labute approximate surface area is 367 Å². The number of unbranched alkanes of at least 4 members (excludes halogenated alkanes) is 11. The van der Waals surface area contributed by atoms with E-state index in [2.05, 4.69) is 142 Å². The highest BCUT2D eigenvalue weighted by atomic mass is 16.7. The van der Waals surface area contributed by atoms with Crippen LogP contribution in [0.2, 0.25) is 0 Å². The van der Waals surface area contributed by atoms with Crippen LogP contribution in [0.15, 0.2) is 0 Å². The Balaban J connectivity index is 2.79. The molecule has 1 aliphatic heterocycles. The molecule has 0 radical (unpaired) electrons. The van der Waals surface area contributed by atoms with Crippen molar-refractivity contribution in [3.63, 3.8) is 0 Å². The first kappa shape index (κ1) is 54.2. The minimum absolute atomic E-state index is 0.175. The van der Waals surface area contributed by atoms with Crippen molar-refractivity contribution in [3.8, 4) is 130 Å². The lowest BCUT2D eigenvalue weighted by Crippen LogP contribution is -2.60. The van der Waals surface area contributed by atoms with Crippen LogP contribution in [0.5, 0.6) is 0 Å². The quantitative estimate of drug-likeness (QED) is 0.0519. The van der Waals surface area contributed by atoms with Crippen molar-refractivity contribution >= 4 is 5.91 Å². The maximum Gasteiger partial charge on any atom is 0.253 e. The fourth-order valence-corrected chi connectivity index (χ4v) is 5.49. The Bertz CT molecular complexity index is 2110. The van der Waals surface area contributed by atoms with Crippen LogP contribution in [0.3, 0.4) is 0 Å². The molecule has 1 fully saturated rings. The molecule has 62 heavy (non-hydrogen) atoms. The van der Waals surface area contributed by atoms with Gasteiger partial charge in [-0.05, 0) is 108 Å². The molecule has 1 heterocycles. The summed E-state index contributed by atoms with van der Waals surface area (Å²) in [6.45, 7) is 2.53. The number of carbonyl (C=O) groups is 1. The molecule has 0 aromatic rings. The van der Waals surface area contributed by atoms with Gasteiger partial charge in [0.15, 0.2) is 18.5 Å². The third-order valence-corrected chi connectivity index (χ3v) is 8.88. The molecule has 1 amide bonds. The van der Waals surface area contributed by atoms with Crippen LogP contribution in [0.25, 0.3) is 0 Å². The van der Waals surface area contributed by atoms with Gasteiger partial charge in [-0.1, -0.05) is 95.8 Å². The number of amides is 1. The largest absolute Gasteiger partial charge is 0.394 e. The number of hydrogen-bond donors (Lipinski definition) is 9. The Morgan fingerprint density at radius 2 is 1.02 bits per heavy atom. The average molecular weight is 846 g/mol. The topological polar surface area (TPSA) is 209 Å². The van der Waals surface area contributed by atoms with E-state index in [9.17, 15) is 45.6 Å². The van der Waals surface area contributed by atoms with Gasteiger partial charge in [0.05, 0.1) is 25.4 Å². The molecule has 0 aliphatic carbocycles. The van der Waals surface area contributed by atoms with E-state index in [0.29, 0.717) is 6.42 Å². The van der Waals surface area contributed by atoms with E-state index in [1.807, 2.05) is 0 Å². The monoisotopic (exact) mass is 845 g/mol. The highest BCUT2D eigenvalue weighted by Crippen LogP contribution is 2.23. The number of aliphatic hydroxyl groups excluding tert-OH is 8. The molecule has 0 saturated carbocycles. The van der Waals surface area contributed by atoms with Crippen LogP contribution in [0, 0.1) is 130 Å². The van der Waals surface area contributed by atoms with Gasteiger partial charge in [-0.2, -0.15) is 0 Å². The first-order valence-electron chi connectivity index (χ1n) is 20.5. The lowest BCUT2D eigenvalue weighted by atomic mass is 9.98. The van der Waals surface area contributed by atoms with Crippen LogP contribution in [0.4, 0.5) is 0 Å². The summed E-state index contributed by atoms with van der Waals surface area (Å²) in [6, 6.07) is -1.43. The summed E-state index contributed by atoms with van der Waals surface area (Å²) in [5, 5.41) is 85.2. The number of hydrogen-bond acceptors (Lipinski definition) is 11. The van der Waals surface area contributed by atoms with Crippen molar-refractivity contribution in [1.29, 1.82) is 0 Å². The number of rotatable bonds is 22. The maximum atomic E-state index is 13.0. The summed E-state index contributed by atoms with van der Waals surface area (Å²) in [6.07, 6.45) is -1.66. The van der Waals surface area contributed by atoms with Gasteiger partial charge < -0.3 is 55.6 Å². The van der Waals surface area contributed by atoms with E-state index in [1.165, 1.54) is 44.9 Å². The molecule has 1 rings (SSSR count). The first-order chi connectivity index (χ1) is 30.1. The van der Waals surface area contributed by atoms with Gasteiger partial charge in [0, 0.05) is 23.7 Å². The number of aliphatic hydroxyl groups is 8. The zero-order valence-electron chi connectivity index (χ0n) is 35.2. The second-order valence-corrected chi connectivity index (χ2v) is 13.7. The molecule has 0 bridgehead atoms. The SMILES string of the molecule is CC#CC#CC#CC#CC#CC#CC#CC#CC#CC#CC#C[C@@H](O)[C@@H](O)C(=O)N[C@@H](COC1OC(CO)C(O)C(O)C1O)[C@H](O)[C@H](O)CCCCCCCCCCCCCC. The van der Waals surface area contributed by atoms with Crippen LogP contribution in [0.1, 0.15) is 97.3 Å². The number of nitrogens with one attached hydrogen (secondary N) is 1. The van der Waals surface area contributed by atoms with Gasteiger partial charge in [0.1, 0.15) is 30.5 Å². The first-order valence-corrected chi connectivity index (χ1v) is 20.5. The molecule has 1 aliphatic rings. The van der Waals surface area contributed by atoms with E-state index in [1.54, 1.807) is 6.92 Å². The summed E-state index contributed by atoms with van der Waals surface area (Å²) in [5.41, 5.74) is 0. The van der Waals surface area contributed by atoms with E-state index in [4.69, 9.17) is 9.47 Å². The van der Waals surface area contributed by atoms with Crippen molar-refractivity contribution in [3.05, 3.63) is 0 Å². The van der Waals surface area contributed by atoms with Gasteiger partial charge in [0.2, 0.25) is 0 Å². The summed E-state index contributed by atoms with van der Waals surface area (Å²) < 4.78 is 10.9. The lowest BCUT2D eigenvalue weighted by molar-refractivity contribution is -0.303. The third kappa shape index (κ3) is 25.1. The van der Waals surface area contributed by atoms with E-state index >= 15 is 0 Å². The molecule has 0 aromatic heterocycles. The molecular weight excluding hydrogens is 791 g/mol. The van der Waals surface area contributed by atoms with Crippen LogP contribution in [-0.2, 0) is 14.3 Å². The number of carbonyl (C=O) groups excluding carboxylic acids is 1. The summed E-state index contributed by atoms with van der Waals surface area (Å²) in [4.78, 5) is 13.0. The Morgan fingerprint density at radius 1 is 0.597 bits per heavy atom. The Morgan fingerprint density at radius 3 is 1.45 bits per heavy atom. The van der Waals surface area contributed by atoms with Crippen molar-refractivity contribution in [1.82, 2.24) is 5.32 Å². The highest BCUT2D eigenvalue weighted by Gasteiger charge is 2.44. The van der Waals surface area contributed by atoms with Crippen LogP contribution < -0.4 is 5.32 Å². The van der Waals surface area contributed by atoms with Gasteiger partial charge in [0.25, 0.3) is 5.91 Å². The molecule has 1 saturated heterocycles. The molecule has 12 heteroatoms. The predicted octanol–water partition coefficient (Wildman–Crippen LogP) is -0.120. The van der Waals surface area contributed by atoms with E-state index in [0.717, 1.165) is 25.7 Å². The van der Waals surface area contributed by atoms with Gasteiger partial charge in [-0.25, -0.2) is 0 Å². The van der Waals surface area contributed by atoms with Crippen molar-refractivity contribution in [2.24, 2.45) is 0 Å². The van der Waals surface area contributed by atoms with Gasteiger partial charge >= 0.3 is 0 Å². The van der Waals surface area contributed by atoms with Crippen molar-refractivity contribution in [2.45, 2.75) is 158 Å². The second kappa shape index (κ2) is 35.9. The summed E-state index contributed by atoms with van der Waals surface area (Å²) in [5.74, 6) is 52.5. The van der Waals surface area contributed by atoms with Gasteiger partial charge in [-0.3, -0.25) is 4.79 Å². The molecule has 326 valence electrons. The summed E-state index contributed by atoms with van der Waals surface area (Å²) >= 11 is 0. The standard InChI is InChI=1S/C50H55NO11/c1-3-5-7-9-11-13-15-17-18-19-20-21-22-23-24-25-27-29-31-33-35-37-42(54)45(56)49(60)51-40(39-61-50-48(59)47(58)46(57)43(38-52)62-50)44(55)41(53)36-34-32-30-28-26-16-14-12-10-8-6-4-2/h40-48,50,52-59H,4,6,8,10,12,14,16,26,28,30,32,34,36,38-39H2,1-2H3,(H,51,60)/t40-,41+,42+,43?,44-,45+,46?,47?,48?,50?/m0/s1. The normalized spacial score (nSPS) is 18.9. The Hall–Kier alpha value is -5.77. The molecule has 0 aromatic carbocycles. The fourth-order valence-electron chi connectivity index (χ4n) is 5.49. The Kier molecular flexibility index (Phi) is 31.4. The molecule has 12 nitrogen and oxygen atoms in total. The minimum atomic E-state index is -2.14. The third-order valence-electron chi connectivity index (χ3n) is 8.88. The lowest BCUT2D eigenvalue weighted by Gasteiger charge is -2.40. The molecule has 0 spiro atoms. The number of ether oxygens (including phenoxy) is 2. The second-order valence-electron chi connectivity index (χ2n) is 13.7. The molecule has 9 N–H and O–H groups in total.